The minimum atomic E-state index is 0.0108. The van der Waals surface area contributed by atoms with Crippen LogP contribution in [0.3, 0.4) is 0 Å². The van der Waals surface area contributed by atoms with Crippen molar-refractivity contribution in [3.63, 3.8) is 0 Å². The summed E-state index contributed by atoms with van der Waals surface area (Å²) in [5, 5.41) is 9.33. The number of carbonyl (C=O) groups is 1. The molecule has 134 valence electrons. The molecule has 0 spiro atoms. The van der Waals surface area contributed by atoms with E-state index in [2.05, 4.69) is 17.9 Å². The number of nitriles is 1. The highest BCUT2D eigenvalue weighted by atomic mass is 16.5. The number of benzene rings is 1. The third kappa shape index (κ3) is 3.96. The molecule has 2 atom stereocenters. The molecule has 5 nitrogen and oxygen atoms in total. The SMILES string of the molecule is CC[C@H]1OCCC[C@H]1C(=O)N1CCCN(c2ccccc2C#N)CC1. The van der Waals surface area contributed by atoms with Crippen LogP contribution in [0, 0.1) is 17.2 Å². The fourth-order valence-corrected chi connectivity index (χ4v) is 3.98. The number of carbonyl (C=O) groups excluding carboxylic acids is 1. The topological polar surface area (TPSA) is 56.6 Å². The zero-order valence-electron chi connectivity index (χ0n) is 15.0. The zero-order chi connectivity index (χ0) is 17.6. The number of anilines is 1. The molecule has 1 aromatic carbocycles. The molecular weight excluding hydrogens is 314 g/mol. The van der Waals surface area contributed by atoms with E-state index in [4.69, 9.17) is 4.74 Å². The molecule has 2 aliphatic rings. The Morgan fingerprint density at radius 3 is 2.88 bits per heavy atom. The van der Waals surface area contributed by atoms with E-state index in [0.29, 0.717) is 12.1 Å². The lowest BCUT2D eigenvalue weighted by Crippen LogP contribution is -2.45. The van der Waals surface area contributed by atoms with Crippen molar-refractivity contribution in [2.45, 2.75) is 38.7 Å². The maximum Gasteiger partial charge on any atom is 0.228 e. The van der Waals surface area contributed by atoms with E-state index >= 15 is 0 Å². The van der Waals surface area contributed by atoms with E-state index in [-0.39, 0.29) is 17.9 Å². The first-order valence-corrected chi connectivity index (χ1v) is 9.39. The summed E-state index contributed by atoms with van der Waals surface area (Å²) in [4.78, 5) is 17.3. The summed E-state index contributed by atoms with van der Waals surface area (Å²) in [5.74, 6) is 0.263. The number of para-hydroxylation sites is 1. The number of hydrogen-bond acceptors (Lipinski definition) is 4. The normalized spacial score (nSPS) is 24.5. The van der Waals surface area contributed by atoms with Gasteiger partial charge in [-0.05, 0) is 37.8 Å². The first kappa shape index (κ1) is 17.8. The van der Waals surface area contributed by atoms with E-state index in [1.165, 1.54) is 0 Å². The fourth-order valence-electron chi connectivity index (χ4n) is 3.98. The van der Waals surface area contributed by atoms with Crippen LogP contribution in [-0.2, 0) is 9.53 Å². The monoisotopic (exact) mass is 341 g/mol. The van der Waals surface area contributed by atoms with Crippen molar-refractivity contribution in [1.29, 1.82) is 5.26 Å². The van der Waals surface area contributed by atoms with Gasteiger partial charge in [0.05, 0.1) is 23.3 Å². The number of amides is 1. The standard InChI is InChI=1S/C20H27N3O2/c1-2-19-17(8-5-14-25-19)20(24)23-11-6-10-22(12-13-23)18-9-4-3-7-16(18)15-21/h3-4,7,9,17,19H,2,5-6,8,10-14H2,1H3/t17-,19-/m1/s1. The average Bonchev–Trinajstić information content (AvgIpc) is 2.93. The largest absolute Gasteiger partial charge is 0.377 e. The van der Waals surface area contributed by atoms with Crippen molar-refractivity contribution < 1.29 is 9.53 Å². The second kappa shape index (κ2) is 8.35. The Balaban J connectivity index is 1.67. The highest BCUT2D eigenvalue weighted by Gasteiger charge is 2.34. The zero-order valence-corrected chi connectivity index (χ0v) is 15.0. The van der Waals surface area contributed by atoms with Crippen molar-refractivity contribution in [1.82, 2.24) is 4.90 Å². The second-order valence-corrected chi connectivity index (χ2v) is 6.86. The summed E-state index contributed by atoms with van der Waals surface area (Å²) >= 11 is 0. The summed E-state index contributed by atoms with van der Waals surface area (Å²) in [6.45, 7) is 6.03. The van der Waals surface area contributed by atoms with Gasteiger partial charge in [0.15, 0.2) is 0 Å². The van der Waals surface area contributed by atoms with Crippen LogP contribution in [0.5, 0.6) is 0 Å². The van der Waals surface area contributed by atoms with Gasteiger partial charge in [-0.25, -0.2) is 0 Å². The lowest BCUT2D eigenvalue weighted by atomic mass is 9.91. The van der Waals surface area contributed by atoms with Gasteiger partial charge in [-0.15, -0.1) is 0 Å². The van der Waals surface area contributed by atoms with Crippen LogP contribution in [0.4, 0.5) is 5.69 Å². The average molecular weight is 341 g/mol. The van der Waals surface area contributed by atoms with Gasteiger partial charge >= 0.3 is 0 Å². The third-order valence-electron chi connectivity index (χ3n) is 5.33. The molecule has 5 heteroatoms. The van der Waals surface area contributed by atoms with Crippen LogP contribution in [0.1, 0.15) is 38.2 Å². The van der Waals surface area contributed by atoms with E-state index in [1.54, 1.807) is 0 Å². The maximum atomic E-state index is 13.0. The molecule has 3 rings (SSSR count). The Labute approximate surface area is 150 Å². The Morgan fingerprint density at radius 2 is 2.08 bits per heavy atom. The molecule has 0 bridgehead atoms. The van der Waals surface area contributed by atoms with Crippen molar-refractivity contribution in [2.24, 2.45) is 5.92 Å². The minimum Gasteiger partial charge on any atom is -0.377 e. The fraction of sp³-hybridized carbons (Fsp3) is 0.600. The minimum absolute atomic E-state index is 0.0108. The smallest absolute Gasteiger partial charge is 0.228 e. The van der Waals surface area contributed by atoms with Crippen LogP contribution >= 0.6 is 0 Å². The van der Waals surface area contributed by atoms with Gasteiger partial charge in [-0.1, -0.05) is 19.1 Å². The Morgan fingerprint density at radius 1 is 1.24 bits per heavy atom. The van der Waals surface area contributed by atoms with Crippen molar-refractivity contribution in [3.05, 3.63) is 29.8 Å². The Bertz CT molecular complexity index is 640. The van der Waals surface area contributed by atoms with Gasteiger partial charge in [0.1, 0.15) is 6.07 Å². The molecule has 2 saturated heterocycles. The predicted molar refractivity (Wildman–Crippen MR) is 97.3 cm³/mol. The summed E-state index contributed by atoms with van der Waals surface area (Å²) in [7, 11) is 0. The molecule has 25 heavy (non-hydrogen) atoms. The molecule has 2 heterocycles. The molecule has 2 aliphatic heterocycles. The summed E-state index contributed by atoms with van der Waals surface area (Å²) in [5.41, 5.74) is 1.68. The molecule has 0 radical (unpaired) electrons. The van der Waals surface area contributed by atoms with E-state index in [9.17, 15) is 10.1 Å². The number of rotatable bonds is 3. The van der Waals surface area contributed by atoms with Crippen LogP contribution in [0.15, 0.2) is 24.3 Å². The van der Waals surface area contributed by atoms with Gasteiger partial charge in [0.2, 0.25) is 5.91 Å². The molecule has 0 saturated carbocycles. The number of nitrogens with zero attached hydrogens (tertiary/aromatic N) is 3. The molecular formula is C20H27N3O2. The molecule has 0 aliphatic carbocycles. The van der Waals surface area contributed by atoms with Gasteiger partial charge in [-0.2, -0.15) is 5.26 Å². The van der Waals surface area contributed by atoms with E-state index in [0.717, 1.165) is 57.6 Å². The summed E-state index contributed by atoms with van der Waals surface area (Å²) in [6.07, 6.45) is 3.80. The summed E-state index contributed by atoms with van der Waals surface area (Å²) < 4.78 is 5.81. The van der Waals surface area contributed by atoms with Crippen molar-refractivity contribution in [2.75, 3.05) is 37.7 Å². The third-order valence-corrected chi connectivity index (χ3v) is 5.33. The van der Waals surface area contributed by atoms with Crippen molar-refractivity contribution in [3.8, 4) is 6.07 Å². The highest BCUT2D eigenvalue weighted by molar-refractivity contribution is 5.79. The molecule has 0 N–H and O–H groups in total. The molecule has 1 aromatic rings. The van der Waals surface area contributed by atoms with Crippen LogP contribution in [-0.4, -0.2) is 49.7 Å². The van der Waals surface area contributed by atoms with Gasteiger partial charge in [0.25, 0.3) is 0 Å². The lowest BCUT2D eigenvalue weighted by Gasteiger charge is -2.34. The van der Waals surface area contributed by atoms with E-state index in [1.807, 2.05) is 29.2 Å². The van der Waals surface area contributed by atoms with Crippen LogP contribution in [0.2, 0.25) is 0 Å². The maximum absolute atomic E-state index is 13.0. The van der Waals surface area contributed by atoms with Gasteiger partial charge in [0, 0.05) is 32.8 Å². The first-order valence-electron chi connectivity index (χ1n) is 9.39. The number of ether oxygens (including phenoxy) is 1. The first-order chi connectivity index (χ1) is 12.2. The number of hydrogen-bond donors (Lipinski definition) is 0. The lowest BCUT2D eigenvalue weighted by molar-refractivity contribution is -0.145. The molecule has 0 aromatic heterocycles. The van der Waals surface area contributed by atoms with E-state index < -0.39 is 0 Å². The summed E-state index contributed by atoms with van der Waals surface area (Å²) in [6, 6.07) is 9.99. The highest BCUT2D eigenvalue weighted by Crippen LogP contribution is 2.26. The molecule has 2 fully saturated rings. The predicted octanol–water partition coefficient (Wildman–Crippen LogP) is 2.80. The van der Waals surface area contributed by atoms with Gasteiger partial charge in [-0.3, -0.25) is 4.79 Å². The van der Waals surface area contributed by atoms with Crippen LogP contribution < -0.4 is 4.90 Å². The van der Waals surface area contributed by atoms with Gasteiger partial charge < -0.3 is 14.5 Å². The molecule has 1 amide bonds. The van der Waals surface area contributed by atoms with Crippen LogP contribution in [0.25, 0.3) is 0 Å². The molecule has 0 unspecified atom stereocenters. The Hall–Kier alpha value is -2.06. The second-order valence-electron chi connectivity index (χ2n) is 6.86. The quantitative estimate of drug-likeness (QED) is 0.848. The Kier molecular flexibility index (Phi) is 5.93. The van der Waals surface area contributed by atoms with Crippen molar-refractivity contribution >= 4 is 11.6 Å².